The third-order valence-electron chi connectivity index (χ3n) is 6.31. The predicted octanol–water partition coefficient (Wildman–Crippen LogP) is 4.26. The van der Waals surface area contributed by atoms with E-state index >= 15 is 0 Å². The van der Waals surface area contributed by atoms with E-state index in [4.69, 9.17) is 14.6 Å². The number of rotatable bonds is 5. The van der Waals surface area contributed by atoms with Gasteiger partial charge in [0, 0.05) is 36.8 Å². The van der Waals surface area contributed by atoms with Crippen LogP contribution in [-0.2, 0) is 15.1 Å². The minimum atomic E-state index is -4.82. The number of ether oxygens (including phenoxy) is 2. The molecule has 9 nitrogen and oxygen atoms in total. The van der Waals surface area contributed by atoms with Gasteiger partial charge >= 0.3 is 6.36 Å². The van der Waals surface area contributed by atoms with Gasteiger partial charge in [-0.3, -0.25) is 19.4 Å². The molecule has 0 saturated carbocycles. The molecule has 3 aromatic rings. The summed E-state index contributed by atoms with van der Waals surface area (Å²) in [5.74, 6) is -0.314. The van der Waals surface area contributed by atoms with Gasteiger partial charge in [0.1, 0.15) is 22.7 Å². The van der Waals surface area contributed by atoms with Gasteiger partial charge in [-0.05, 0) is 54.4 Å². The number of amides is 2. The molecule has 2 N–H and O–H groups in total. The number of aromatic nitrogens is 1. The number of hydrogen-bond donors (Lipinski definition) is 2. The second-order valence-corrected chi connectivity index (χ2v) is 8.68. The van der Waals surface area contributed by atoms with Crippen molar-refractivity contribution in [3.8, 4) is 11.5 Å². The number of benzene rings is 2. The summed E-state index contributed by atoms with van der Waals surface area (Å²) in [5, 5.41) is 9.96. The summed E-state index contributed by atoms with van der Waals surface area (Å²) in [5.41, 5.74) is 0.785. The van der Waals surface area contributed by atoms with E-state index in [9.17, 15) is 22.8 Å². The number of carbonyl (C=O) groups excluding carboxylic acids is 2. The third-order valence-corrected chi connectivity index (χ3v) is 6.31. The first-order chi connectivity index (χ1) is 18.7. The molecule has 0 spiro atoms. The van der Waals surface area contributed by atoms with Crippen molar-refractivity contribution >= 4 is 24.0 Å². The average Bonchev–Trinajstić information content (AvgIpc) is 3.35. The van der Waals surface area contributed by atoms with E-state index in [1.807, 2.05) is 0 Å². The van der Waals surface area contributed by atoms with Crippen LogP contribution >= 0.6 is 0 Å². The van der Waals surface area contributed by atoms with Crippen molar-refractivity contribution < 1.29 is 42.1 Å². The first-order valence-corrected chi connectivity index (χ1v) is 11.9. The fourth-order valence-corrected chi connectivity index (χ4v) is 4.68. The fourth-order valence-electron chi connectivity index (χ4n) is 4.68. The number of fused-ring (bicyclic) bond motifs is 1. The summed E-state index contributed by atoms with van der Waals surface area (Å²) < 4.78 is 47.8. The quantitative estimate of drug-likeness (QED) is 0.462. The van der Waals surface area contributed by atoms with E-state index < -0.39 is 17.8 Å². The lowest BCUT2D eigenvalue weighted by Gasteiger charge is -2.39. The first-order valence-electron chi connectivity index (χ1n) is 11.9. The van der Waals surface area contributed by atoms with Gasteiger partial charge in [-0.15, -0.1) is 13.2 Å². The number of halogens is 3. The highest BCUT2D eigenvalue weighted by Gasteiger charge is 2.43. The van der Waals surface area contributed by atoms with Crippen LogP contribution in [0.1, 0.15) is 40.9 Å². The molecule has 0 bridgehead atoms. The van der Waals surface area contributed by atoms with Crippen LogP contribution in [0.15, 0.2) is 66.9 Å². The summed E-state index contributed by atoms with van der Waals surface area (Å²) >= 11 is 0. The average molecular weight is 543 g/mol. The van der Waals surface area contributed by atoms with Gasteiger partial charge in [0.05, 0.1) is 6.61 Å². The molecule has 0 aliphatic carbocycles. The summed E-state index contributed by atoms with van der Waals surface area (Å²) in [4.78, 5) is 40.2. The van der Waals surface area contributed by atoms with Gasteiger partial charge in [0.15, 0.2) is 0 Å². The Morgan fingerprint density at radius 1 is 1.15 bits per heavy atom. The number of alkyl halides is 3. The maximum Gasteiger partial charge on any atom is 0.573 e. The van der Waals surface area contributed by atoms with E-state index in [-0.39, 0.29) is 24.7 Å². The number of carbonyl (C=O) groups is 3. The van der Waals surface area contributed by atoms with Gasteiger partial charge in [-0.2, -0.15) is 0 Å². The molecule has 39 heavy (non-hydrogen) atoms. The van der Waals surface area contributed by atoms with Gasteiger partial charge < -0.3 is 24.8 Å². The van der Waals surface area contributed by atoms with Crippen molar-refractivity contribution in [3.63, 3.8) is 0 Å². The van der Waals surface area contributed by atoms with Crippen molar-refractivity contribution in [1.82, 2.24) is 10.3 Å². The lowest BCUT2D eigenvalue weighted by atomic mass is 9.81. The first kappa shape index (κ1) is 27.4. The van der Waals surface area contributed by atoms with E-state index in [2.05, 4.69) is 15.0 Å². The predicted molar refractivity (Wildman–Crippen MR) is 132 cm³/mol. The Kier molecular flexibility index (Phi) is 8.03. The molecule has 0 unspecified atom stereocenters. The second kappa shape index (κ2) is 11.4. The molecule has 1 saturated heterocycles. The van der Waals surface area contributed by atoms with Crippen molar-refractivity contribution in [2.75, 3.05) is 18.1 Å². The smallest absolute Gasteiger partial charge is 0.491 e. The largest absolute Gasteiger partial charge is 0.573 e. The van der Waals surface area contributed by atoms with Crippen LogP contribution in [-0.4, -0.2) is 47.9 Å². The zero-order chi connectivity index (χ0) is 28.0. The van der Waals surface area contributed by atoms with Gasteiger partial charge in [-0.25, -0.2) is 0 Å². The standard InChI is InChI=1S/C26H22F3N3O4.CH2O2/c27-26(28,29)36-20-10-8-18(9-11-20)25(12-15-35-21-6-2-13-30-23(21)25)31-24(34)17-4-1-5-19(16-17)32-14-3-7-22(32)33;2-1-3/h1-2,4-6,8-11,13,16H,3,7,12,14-15H2,(H,31,34);1H,(H,2,3)/t25-;/m0./s1. The molecular weight excluding hydrogens is 519 g/mol. The monoisotopic (exact) mass is 543 g/mol. The molecule has 1 aromatic heterocycles. The molecule has 204 valence electrons. The molecule has 12 heteroatoms. The summed E-state index contributed by atoms with van der Waals surface area (Å²) in [6.07, 6.45) is -1.73. The Bertz CT molecular complexity index is 1350. The molecule has 2 aliphatic heterocycles. The van der Waals surface area contributed by atoms with Crippen LogP contribution in [0.2, 0.25) is 0 Å². The topological polar surface area (TPSA) is 118 Å². The van der Waals surface area contributed by atoms with Crippen LogP contribution in [0.5, 0.6) is 11.5 Å². The molecule has 5 rings (SSSR count). The van der Waals surface area contributed by atoms with Gasteiger partial charge in [0.25, 0.3) is 12.4 Å². The maximum atomic E-state index is 13.5. The molecule has 2 amide bonds. The van der Waals surface area contributed by atoms with Crippen molar-refractivity contribution in [1.29, 1.82) is 0 Å². The molecule has 3 heterocycles. The van der Waals surface area contributed by atoms with Crippen LogP contribution < -0.4 is 19.7 Å². The highest BCUT2D eigenvalue weighted by molar-refractivity contribution is 5.99. The Balaban J connectivity index is 0.00000112. The summed E-state index contributed by atoms with van der Waals surface area (Å²) in [6, 6.07) is 15.6. The minimum Gasteiger partial charge on any atom is -0.491 e. The van der Waals surface area contributed by atoms with E-state index in [1.165, 1.54) is 24.3 Å². The summed E-state index contributed by atoms with van der Waals surface area (Å²) in [6.45, 7) is 0.594. The Labute approximate surface area is 221 Å². The molecule has 0 radical (unpaired) electrons. The number of nitrogens with zero attached hydrogens (tertiary/aromatic N) is 2. The van der Waals surface area contributed by atoms with Crippen LogP contribution in [0.4, 0.5) is 18.9 Å². The van der Waals surface area contributed by atoms with Crippen molar-refractivity contribution in [2.24, 2.45) is 0 Å². The number of nitrogens with one attached hydrogen (secondary N) is 1. The zero-order valence-electron chi connectivity index (χ0n) is 20.5. The highest BCUT2D eigenvalue weighted by atomic mass is 19.4. The van der Waals surface area contributed by atoms with Crippen molar-refractivity contribution in [3.05, 3.63) is 83.7 Å². The Morgan fingerprint density at radius 2 is 1.90 bits per heavy atom. The SMILES string of the molecule is O=C(N[C@]1(c2ccc(OC(F)(F)F)cc2)CCOc2cccnc21)c1cccc(N2CCCC2=O)c1.O=CO. The normalized spacial score (nSPS) is 18.2. The zero-order valence-corrected chi connectivity index (χ0v) is 20.5. The molecule has 2 aromatic carbocycles. The second-order valence-electron chi connectivity index (χ2n) is 8.68. The molecule has 2 aliphatic rings. The third kappa shape index (κ3) is 6.11. The van der Waals surface area contributed by atoms with Gasteiger partial charge in [-0.1, -0.05) is 18.2 Å². The van der Waals surface area contributed by atoms with E-state index in [0.29, 0.717) is 47.6 Å². The lowest BCUT2D eigenvalue weighted by Crippen LogP contribution is -2.50. The number of pyridine rings is 1. The van der Waals surface area contributed by atoms with Crippen LogP contribution in [0.3, 0.4) is 0 Å². The minimum absolute atomic E-state index is 0.00718. The Hall–Kier alpha value is -4.61. The lowest BCUT2D eigenvalue weighted by molar-refractivity contribution is -0.274. The van der Waals surface area contributed by atoms with Crippen LogP contribution in [0.25, 0.3) is 0 Å². The van der Waals surface area contributed by atoms with E-state index in [0.717, 1.165) is 6.42 Å². The molecule has 1 atom stereocenters. The highest BCUT2D eigenvalue weighted by Crippen LogP contribution is 2.41. The number of hydrogen-bond acceptors (Lipinski definition) is 6. The molecular formula is C27H24F3N3O6. The van der Waals surface area contributed by atoms with E-state index in [1.54, 1.807) is 47.5 Å². The molecule has 1 fully saturated rings. The summed E-state index contributed by atoms with van der Waals surface area (Å²) in [7, 11) is 0. The fraction of sp³-hybridized carbons (Fsp3) is 0.259. The van der Waals surface area contributed by atoms with Crippen molar-refractivity contribution in [2.45, 2.75) is 31.2 Å². The van der Waals surface area contributed by atoms with Crippen LogP contribution in [0, 0.1) is 0 Å². The number of carboxylic acid groups (broad SMARTS) is 1. The van der Waals surface area contributed by atoms with Gasteiger partial charge in [0.2, 0.25) is 5.91 Å². The maximum absolute atomic E-state index is 13.5. The Morgan fingerprint density at radius 3 is 2.56 bits per heavy atom. The number of anilines is 1.